The predicted molar refractivity (Wildman–Crippen MR) is 82.5 cm³/mol. The van der Waals surface area contributed by atoms with E-state index in [-0.39, 0.29) is 12.5 Å². The SMILES string of the molecule is COc1ccccc1NC(=O)CCN(CCO)C1CCC1. The number of anilines is 1. The van der Waals surface area contributed by atoms with Crippen molar-refractivity contribution in [3.05, 3.63) is 24.3 Å². The number of aliphatic hydroxyl groups excluding tert-OH is 1. The summed E-state index contributed by atoms with van der Waals surface area (Å²) >= 11 is 0. The zero-order valence-corrected chi connectivity index (χ0v) is 12.5. The van der Waals surface area contributed by atoms with Crippen LogP contribution in [-0.2, 0) is 4.79 Å². The Balaban J connectivity index is 1.83. The first-order valence-corrected chi connectivity index (χ1v) is 7.52. The number of methoxy groups -OCH3 is 1. The molecule has 0 heterocycles. The van der Waals surface area contributed by atoms with Crippen LogP contribution in [-0.4, -0.2) is 48.8 Å². The van der Waals surface area contributed by atoms with Gasteiger partial charge in [0.05, 0.1) is 19.4 Å². The number of aliphatic hydroxyl groups is 1. The first-order valence-electron chi connectivity index (χ1n) is 7.52. The van der Waals surface area contributed by atoms with Crippen molar-refractivity contribution in [2.45, 2.75) is 31.7 Å². The number of benzene rings is 1. The van der Waals surface area contributed by atoms with Gasteiger partial charge in [-0.1, -0.05) is 18.6 Å². The van der Waals surface area contributed by atoms with Crippen LogP contribution in [0.2, 0.25) is 0 Å². The molecule has 0 aromatic heterocycles. The highest BCUT2D eigenvalue weighted by molar-refractivity contribution is 5.92. The maximum absolute atomic E-state index is 12.1. The average molecular weight is 292 g/mol. The third-order valence-electron chi connectivity index (χ3n) is 3.99. The van der Waals surface area contributed by atoms with Gasteiger partial charge in [0.25, 0.3) is 0 Å². The molecule has 1 aromatic rings. The fourth-order valence-electron chi connectivity index (χ4n) is 2.56. The standard InChI is InChI=1S/C16H24N2O3/c1-21-15-8-3-2-7-14(15)17-16(20)9-10-18(11-12-19)13-5-4-6-13/h2-3,7-8,13,19H,4-6,9-12H2,1H3,(H,17,20). The van der Waals surface area contributed by atoms with Crippen molar-refractivity contribution >= 4 is 11.6 Å². The van der Waals surface area contributed by atoms with Crippen LogP contribution in [0.5, 0.6) is 5.75 Å². The molecule has 21 heavy (non-hydrogen) atoms. The van der Waals surface area contributed by atoms with Crippen LogP contribution < -0.4 is 10.1 Å². The van der Waals surface area contributed by atoms with Gasteiger partial charge in [0, 0.05) is 25.6 Å². The van der Waals surface area contributed by atoms with E-state index in [1.165, 1.54) is 19.3 Å². The van der Waals surface area contributed by atoms with Crippen molar-refractivity contribution in [1.82, 2.24) is 4.90 Å². The molecule has 0 radical (unpaired) electrons. The van der Waals surface area contributed by atoms with Gasteiger partial charge in [-0.25, -0.2) is 0 Å². The minimum atomic E-state index is -0.0261. The molecule has 1 amide bonds. The van der Waals surface area contributed by atoms with E-state index in [0.717, 1.165) is 0 Å². The Labute approximate surface area is 125 Å². The molecular formula is C16H24N2O3. The second-order valence-corrected chi connectivity index (χ2v) is 5.34. The number of carbonyl (C=O) groups is 1. The third-order valence-corrected chi connectivity index (χ3v) is 3.99. The molecule has 1 aliphatic carbocycles. The number of nitrogens with zero attached hydrogens (tertiary/aromatic N) is 1. The lowest BCUT2D eigenvalue weighted by molar-refractivity contribution is -0.116. The second kappa shape index (κ2) is 8.00. The van der Waals surface area contributed by atoms with E-state index in [1.807, 2.05) is 24.3 Å². The van der Waals surface area contributed by atoms with E-state index in [1.54, 1.807) is 7.11 Å². The zero-order chi connectivity index (χ0) is 15.1. The molecule has 1 saturated carbocycles. The molecule has 5 heteroatoms. The summed E-state index contributed by atoms with van der Waals surface area (Å²) in [5, 5.41) is 12.0. The quantitative estimate of drug-likeness (QED) is 0.768. The largest absolute Gasteiger partial charge is 0.495 e. The van der Waals surface area contributed by atoms with Crippen LogP contribution in [0, 0.1) is 0 Å². The van der Waals surface area contributed by atoms with Crippen LogP contribution in [0.15, 0.2) is 24.3 Å². The van der Waals surface area contributed by atoms with E-state index < -0.39 is 0 Å². The summed E-state index contributed by atoms with van der Waals surface area (Å²) < 4.78 is 5.22. The molecule has 0 bridgehead atoms. The van der Waals surface area contributed by atoms with Gasteiger partial charge in [0.1, 0.15) is 5.75 Å². The highest BCUT2D eigenvalue weighted by Gasteiger charge is 2.24. The van der Waals surface area contributed by atoms with E-state index in [9.17, 15) is 4.79 Å². The Hall–Kier alpha value is -1.59. The van der Waals surface area contributed by atoms with Crippen LogP contribution in [0.1, 0.15) is 25.7 Å². The van der Waals surface area contributed by atoms with Gasteiger partial charge in [0.2, 0.25) is 5.91 Å². The smallest absolute Gasteiger partial charge is 0.225 e. The van der Waals surface area contributed by atoms with E-state index in [2.05, 4.69) is 10.2 Å². The summed E-state index contributed by atoms with van der Waals surface area (Å²) in [6.07, 6.45) is 4.02. The van der Waals surface area contributed by atoms with Crippen molar-refractivity contribution in [3.8, 4) is 5.75 Å². The Morgan fingerprint density at radius 2 is 2.14 bits per heavy atom. The topological polar surface area (TPSA) is 61.8 Å². The lowest BCUT2D eigenvalue weighted by Gasteiger charge is -2.37. The highest BCUT2D eigenvalue weighted by atomic mass is 16.5. The van der Waals surface area contributed by atoms with E-state index in [4.69, 9.17) is 9.84 Å². The van der Waals surface area contributed by atoms with Gasteiger partial charge < -0.3 is 15.2 Å². The van der Waals surface area contributed by atoms with Crippen molar-refractivity contribution in [2.24, 2.45) is 0 Å². The second-order valence-electron chi connectivity index (χ2n) is 5.34. The molecule has 2 N–H and O–H groups in total. The minimum absolute atomic E-state index is 0.0261. The fraction of sp³-hybridized carbons (Fsp3) is 0.562. The van der Waals surface area contributed by atoms with Gasteiger partial charge in [-0.05, 0) is 25.0 Å². The maximum atomic E-state index is 12.1. The molecule has 0 spiro atoms. The van der Waals surface area contributed by atoms with Crippen LogP contribution in [0.3, 0.4) is 0 Å². The van der Waals surface area contributed by atoms with Crippen LogP contribution in [0.25, 0.3) is 0 Å². The van der Waals surface area contributed by atoms with Crippen LogP contribution >= 0.6 is 0 Å². The minimum Gasteiger partial charge on any atom is -0.495 e. The molecule has 2 rings (SSSR count). The Kier molecular flexibility index (Phi) is 6.02. The van der Waals surface area contributed by atoms with Crippen molar-refractivity contribution in [2.75, 3.05) is 32.1 Å². The van der Waals surface area contributed by atoms with Crippen molar-refractivity contribution < 1.29 is 14.6 Å². The van der Waals surface area contributed by atoms with E-state index in [0.29, 0.717) is 37.0 Å². The normalized spacial score (nSPS) is 14.8. The zero-order valence-electron chi connectivity index (χ0n) is 12.5. The van der Waals surface area contributed by atoms with Gasteiger partial charge in [-0.2, -0.15) is 0 Å². The molecule has 0 saturated heterocycles. The first kappa shape index (κ1) is 15.8. The summed E-state index contributed by atoms with van der Waals surface area (Å²) in [5.41, 5.74) is 0.697. The molecule has 0 unspecified atom stereocenters. The molecule has 0 atom stereocenters. The molecule has 0 aliphatic heterocycles. The number of nitrogens with one attached hydrogen (secondary N) is 1. The highest BCUT2D eigenvalue weighted by Crippen LogP contribution is 2.25. The molecular weight excluding hydrogens is 268 g/mol. The average Bonchev–Trinajstić information content (AvgIpc) is 2.43. The summed E-state index contributed by atoms with van der Waals surface area (Å²) in [6, 6.07) is 7.92. The summed E-state index contributed by atoms with van der Waals surface area (Å²) in [4.78, 5) is 14.3. The Bertz CT molecular complexity index is 461. The number of hydrogen-bond donors (Lipinski definition) is 2. The molecule has 1 aliphatic rings. The number of carbonyl (C=O) groups excluding carboxylic acids is 1. The fourth-order valence-corrected chi connectivity index (χ4v) is 2.56. The monoisotopic (exact) mass is 292 g/mol. The molecule has 1 aromatic carbocycles. The van der Waals surface area contributed by atoms with Crippen LogP contribution in [0.4, 0.5) is 5.69 Å². The summed E-state index contributed by atoms with van der Waals surface area (Å²) in [7, 11) is 1.59. The number of ether oxygens (including phenoxy) is 1. The first-order chi connectivity index (χ1) is 10.2. The van der Waals surface area contributed by atoms with Gasteiger partial charge >= 0.3 is 0 Å². The number of hydrogen-bond acceptors (Lipinski definition) is 4. The molecule has 1 fully saturated rings. The maximum Gasteiger partial charge on any atom is 0.225 e. The summed E-state index contributed by atoms with van der Waals surface area (Å²) in [5.74, 6) is 0.638. The van der Waals surface area contributed by atoms with E-state index >= 15 is 0 Å². The number of para-hydroxylation sites is 2. The lowest BCUT2D eigenvalue weighted by atomic mass is 9.91. The molecule has 116 valence electrons. The summed E-state index contributed by atoms with van der Waals surface area (Å²) in [6.45, 7) is 1.48. The Morgan fingerprint density at radius 1 is 1.38 bits per heavy atom. The van der Waals surface area contributed by atoms with Crippen molar-refractivity contribution in [3.63, 3.8) is 0 Å². The Morgan fingerprint density at radius 3 is 2.76 bits per heavy atom. The van der Waals surface area contributed by atoms with Gasteiger partial charge in [-0.3, -0.25) is 9.69 Å². The lowest BCUT2D eigenvalue weighted by Crippen LogP contribution is -2.43. The number of rotatable bonds is 8. The predicted octanol–water partition coefficient (Wildman–Crippen LogP) is 1.87. The third kappa shape index (κ3) is 4.44. The van der Waals surface area contributed by atoms with Crippen molar-refractivity contribution in [1.29, 1.82) is 0 Å². The van der Waals surface area contributed by atoms with Gasteiger partial charge in [-0.15, -0.1) is 0 Å². The number of amides is 1. The van der Waals surface area contributed by atoms with Gasteiger partial charge in [0.15, 0.2) is 0 Å². The molecule has 5 nitrogen and oxygen atoms in total.